The van der Waals surface area contributed by atoms with E-state index in [4.69, 9.17) is 0 Å². The highest BCUT2D eigenvalue weighted by Crippen LogP contribution is 2.24. The zero-order valence-electron chi connectivity index (χ0n) is 7.38. The first kappa shape index (κ1) is 7.56. The Labute approximate surface area is 68.8 Å². The summed E-state index contributed by atoms with van der Waals surface area (Å²) in [5.41, 5.74) is 0. The largest absolute Gasteiger partial charge is 0.412 e. The van der Waals surface area contributed by atoms with Gasteiger partial charge in [-0.1, -0.05) is 6.42 Å². The molecular weight excluding hydrogens is 138 g/mol. The number of piperidine rings is 1. The van der Waals surface area contributed by atoms with E-state index in [0.717, 1.165) is 12.8 Å². The average molecular weight is 156 g/mol. The lowest BCUT2D eigenvalue weighted by atomic mass is 9.99. The number of fused-ring (bicyclic) bond motifs is 1. The van der Waals surface area contributed by atoms with Crippen LogP contribution in [0.2, 0.25) is 0 Å². The van der Waals surface area contributed by atoms with Crippen molar-refractivity contribution >= 4 is 0 Å². The van der Waals surface area contributed by atoms with E-state index in [1.165, 1.54) is 38.8 Å². The summed E-state index contributed by atoms with van der Waals surface area (Å²) in [4.78, 5) is 2.61. The summed E-state index contributed by atoms with van der Waals surface area (Å²) < 4.78 is 3.17. The van der Waals surface area contributed by atoms with Crippen molar-refractivity contribution < 1.29 is 4.37 Å². The van der Waals surface area contributed by atoms with Crippen molar-refractivity contribution in [3.8, 4) is 0 Å². The van der Waals surface area contributed by atoms with E-state index in [9.17, 15) is 0 Å². The van der Waals surface area contributed by atoms with Gasteiger partial charge in [0.2, 0.25) is 6.73 Å². The van der Waals surface area contributed by atoms with Crippen LogP contribution in [0.5, 0.6) is 0 Å². The summed E-state index contributed by atoms with van der Waals surface area (Å²) in [5.74, 6) is 0. The predicted octanol–water partition coefficient (Wildman–Crippen LogP) is 1.38. The Morgan fingerprint density at radius 3 is 3.09 bits per heavy atom. The van der Waals surface area contributed by atoms with Crippen molar-refractivity contribution in [3.63, 3.8) is 0 Å². The first-order valence-electron chi connectivity index (χ1n) is 4.69. The second kappa shape index (κ2) is 3.11. The van der Waals surface area contributed by atoms with E-state index < -0.39 is 0 Å². The maximum Gasteiger partial charge on any atom is 0.205 e. The summed E-state index contributed by atoms with van der Waals surface area (Å²) in [6.45, 7) is 3.67. The number of hydrogen-bond donors (Lipinski definition) is 0. The lowest BCUT2D eigenvalue weighted by Crippen LogP contribution is -2.48. The third-order valence-electron chi connectivity index (χ3n) is 2.93. The molecule has 2 fully saturated rings. The Bertz CT molecular complexity index is 138. The fourth-order valence-corrected chi connectivity index (χ4v) is 2.24. The fourth-order valence-electron chi connectivity index (χ4n) is 2.24. The number of hydrogen-bond acceptors (Lipinski definition) is 1. The average Bonchev–Trinajstić information content (AvgIpc) is 2.04. The molecule has 2 nitrogen and oxygen atoms in total. The second-order valence-electron chi connectivity index (χ2n) is 3.87. The molecule has 2 aliphatic heterocycles. The molecule has 0 bridgehead atoms. The SMILES string of the molecule is C[O+]1CCC2CCCCN2C1. The van der Waals surface area contributed by atoms with Crippen molar-refractivity contribution in [3.05, 3.63) is 0 Å². The highest BCUT2D eigenvalue weighted by molar-refractivity contribution is 4.78. The summed E-state index contributed by atoms with van der Waals surface area (Å²) in [6, 6.07) is 0.910. The van der Waals surface area contributed by atoms with E-state index >= 15 is 0 Å². The molecular formula is C9H18NO+. The zero-order chi connectivity index (χ0) is 7.68. The molecule has 11 heavy (non-hydrogen) atoms. The Morgan fingerprint density at radius 2 is 2.18 bits per heavy atom. The Balaban J connectivity index is 1.93. The van der Waals surface area contributed by atoms with Gasteiger partial charge in [-0.3, -0.25) is 0 Å². The van der Waals surface area contributed by atoms with Crippen LogP contribution in [-0.2, 0) is 4.37 Å². The molecule has 64 valence electrons. The van der Waals surface area contributed by atoms with Crippen LogP contribution in [0.4, 0.5) is 0 Å². The van der Waals surface area contributed by atoms with Crippen molar-refractivity contribution in [1.29, 1.82) is 0 Å². The minimum Gasteiger partial charge on any atom is -0.412 e. The van der Waals surface area contributed by atoms with Gasteiger partial charge in [-0.2, -0.15) is 0 Å². The van der Waals surface area contributed by atoms with Gasteiger partial charge in [-0.15, -0.1) is 0 Å². The number of rotatable bonds is 0. The highest BCUT2D eigenvalue weighted by atomic mass is 16.7. The van der Waals surface area contributed by atoms with Gasteiger partial charge in [0, 0.05) is 19.0 Å². The Kier molecular flexibility index (Phi) is 2.14. The first-order chi connectivity index (χ1) is 5.36. The van der Waals surface area contributed by atoms with E-state index in [1.54, 1.807) is 0 Å². The lowest BCUT2D eigenvalue weighted by Gasteiger charge is -2.39. The standard InChI is InChI=1S/C9H18NO/c1-11-7-5-9-4-2-3-6-10(9)8-11/h9H,2-8H2,1H3/q+1. The van der Waals surface area contributed by atoms with E-state index in [2.05, 4.69) is 16.4 Å². The van der Waals surface area contributed by atoms with Gasteiger partial charge in [0.05, 0.1) is 0 Å². The maximum atomic E-state index is 3.17. The topological polar surface area (TPSA) is 5.94 Å². The van der Waals surface area contributed by atoms with Gasteiger partial charge in [-0.25, -0.2) is 4.90 Å². The van der Waals surface area contributed by atoms with Gasteiger partial charge in [0.15, 0.2) is 0 Å². The maximum absolute atomic E-state index is 3.17. The molecule has 2 saturated heterocycles. The van der Waals surface area contributed by atoms with Crippen molar-refractivity contribution in [1.82, 2.24) is 4.90 Å². The molecule has 1 unspecified atom stereocenters. The predicted molar refractivity (Wildman–Crippen MR) is 45.7 cm³/mol. The van der Waals surface area contributed by atoms with Crippen LogP contribution in [0.15, 0.2) is 0 Å². The zero-order valence-corrected chi connectivity index (χ0v) is 7.38. The minimum absolute atomic E-state index is 0.910. The Morgan fingerprint density at radius 1 is 1.27 bits per heavy atom. The third kappa shape index (κ3) is 1.57. The summed E-state index contributed by atoms with van der Waals surface area (Å²) in [5, 5.41) is 0. The van der Waals surface area contributed by atoms with Crippen LogP contribution in [0.1, 0.15) is 25.7 Å². The smallest absolute Gasteiger partial charge is 0.205 e. The molecule has 0 saturated carbocycles. The van der Waals surface area contributed by atoms with Gasteiger partial charge in [-0.05, 0) is 12.8 Å². The molecule has 0 aliphatic carbocycles. The first-order valence-corrected chi connectivity index (χ1v) is 4.69. The molecule has 0 radical (unpaired) electrons. The normalized spacial score (nSPS) is 35.2. The van der Waals surface area contributed by atoms with Crippen LogP contribution in [-0.4, -0.2) is 37.9 Å². The van der Waals surface area contributed by atoms with E-state index in [1.807, 2.05) is 0 Å². The van der Waals surface area contributed by atoms with Crippen molar-refractivity contribution in [2.75, 3.05) is 27.0 Å². The molecule has 0 N–H and O–H groups in total. The van der Waals surface area contributed by atoms with E-state index in [0.29, 0.717) is 0 Å². The van der Waals surface area contributed by atoms with Gasteiger partial charge in [0.25, 0.3) is 0 Å². The molecule has 2 rings (SSSR count). The van der Waals surface area contributed by atoms with Gasteiger partial charge < -0.3 is 4.37 Å². The lowest BCUT2D eigenvalue weighted by molar-refractivity contribution is -0.200. The third-order valence-corrected chi connectivity index (χ3v) is 2.93. The quantitative estimate of drug-likeness (QED) is 0.480. The van der Waals surface area contributed by atoms with Crippen LogP contribution in [0, 0.1) is 0 Å². The summed E-state index contributed by atoms with van der Waals surface area (Å²) >= 11 is 0. The van der Waals surface area contributed by atoms with Crippen LogP contribution >= 0.6 is 0 Å². The fraction of sp³-hybridized carbons (Fsp3) is 1.00. The van der Waals surface area contributed by atoms with Crippen molar-refractivity contribution in [2.45, 2.75) is 31.7 Å². The molecule has 1 atom stereocenters. The van der Waals surface area contributed by atoms with E-state index in [-0.39, 0.29) is 0 Å². The molecule has 2 heteroatoms. The van der Waals surface area contributed by atoms with Crippen LogP contribution < -0.4 is 0 Å². The monoisotopic (exact) mass is 156 g/mol. The van der Waals surface area contributed by atoms with Gasteiger partial charge >= 0.3 is 0 Å². The Hall–Kier alpha value is -0.0800. The molecule has 0 aromatic heterocycles. The van der Waals surface area contributed by atoms with Gasteiger partial charge in [0.1, 0.15) is 13.7 Å². The summed E-state index contributed by atoms with van der Waals surface area (Å²) in [7, 11) is 2.14. The molecule has 0 aromatic carbocycles. The van der Waals surface area contributed by atoms with Crippen LogP contribution in [0.3, 0.4) is 0 Å². The summed E-state index contributed by atoms with van der Waals surface area (Å²) in [6.07, 6.45) is 5.66. The molecule has 2 heterocycles. The number of nitrogens with zero attached hydrogens (tertiary/aromatic N) is 1. The minimum atomic E-state index is 0.910. The molecule has 0 spiro atoms. The molecule has 2 aliphatic rings. The highest BCUT2D eigenvalue weighted by Gasteiger charge is 2.30. The molecule has 0 aromatic rings. The van der Waals surface area contributed by atoms with Crippen LogP contribution in [0.25, 0.3) is 0 Å². The van der Waals surface area contributed by atoms with Crippen molar-refractivity contribution in [2.24, 2.45) is 0 Å². The second-order valence-corrected chi connectivity index (χ2v) is 3.87. The molecule has 0 amide bonds.